The topological polar surface area (TPSA) is 68.6 Å². The first-order valence-corrected chi connectivity index (χ1v) is 11.3. The quantitative estimate of drug-likeness (QED) is 0.572. The molecule has 0 radical (unpaired) electrons. The number of hydrogen-bond donors (Lipinski definition) is 0. The Bertz CT molecular complexity index is 1210. The Morgan fingerprint density at radius 2 is 1.86 bits per heavy atom. The molecule has 2 heterocycles. The third-order valence-corrected chi connectivity index (χ3v) is 6.07. The number of azo groups is 1. The van der Waals surface area contributed by atoms with E-state index in [0.29, 0.717) is 41.9 Å². The second-order valence-corrected chi connectivity index (χ2v) is 8.73. The fraction of sp³-hybridized carbons (Fsp3) is 0.360. The number of rotatable bonds is 7. The minimum atomic E-state index is -4.59. The summed E-state index contributed by atoms with van der Waals surface area (Å²) in [5.74, 6) is -0.937. The number of nitrogens with zero attached hydrogens (tertiary/aromatic N) is 5. The minimum absolute atomic E-state index is 0.115. The predicted octanol–water partition coefficient (Wildman–Crippen LogP) is 4.68. The van der Waals surface area contributed by atoms with Gasteiger partial charge in [0.05, 0.1) is 17.5 Å². The van der Waals surface area contributed by atoms with Gasteiger partial charge in [-0.3, -0.25) is 14.5 Å². The van der Waals surface area contributed by atoms with E-state index in [1.54, 1.807) is 41.3 Å². The lowest BCUT2D eigenvalue weighted by atomic mass is 9.89. The molecule has 2 aliphatic rings. The van der Waals surface area contributed by atoms with Gasteiger partial charge in [0.15, 0.2) is 0 Å². The van der Waals surface area contributed by atoms with E-state index in [2.05, 4.69) is 10.2 Å². The number of carbonyl (C=O) groups is 2. The molecule has 2 amide bonds. The lowest BCUT2D eigenvalue weighted by Crippen LogP contribution is -2.43. The first-order valence-electron chi connectivity index (χ1n) is 11.3. The lowest BCUT2D eigenvalue weighted by molar-refractivity contribution is -0.130. The molecule has 0 aliphatic carbocycles. The molecular weight excluding hydrogens is 459 g/mol. The zero-order chi connectivity index (χ0) is 25.3. The number of alkyl halides is 3. The predicted molar refractivity (Wildman–Crippen MR) is 126 cm³/mol. The zero-order valence-electron chi connectivity index (χ0n) is 19.7. The van der Waals surface area contributed by atoms with E-state index in [1.165, 1.54) is 12.3 Å². The van der Waals surface area contributed by atoms with Gasteiger partial charge in [0.2, 0.25) is 0 Å². The highest BCUT2D eigenvalue weighted by molar-refractivity contribution is 6.10. The molecule has 0 N–H and O–H groups in total. The Kier molecular flexibility index (Phi) is 6.75. The van der Waals surface area contributed by atoms with Crippen LogP contribution in [0.2, 0.25) is 0 Å². The van der Waals surface area contributed by atoms with Crippen LogP contribution in [0.15, 0.2) is 64.5 Å². The van der Waals surface area contributed by atoms with Crippen molar-refractivity contribution in [3.63, 3.8) is 0 Å². The third kappa shape index (κ3) is 4.97. The third-order valence-electron chi connectivity index (χ3n) is 6.07. The molecule has 0 fully saturated rings. The number of halogens is 3. The molecule has 1 atom stereocenters. The van der Waals surface area contributed by atoms with Crippen molar-refractivity contribution in [3.05, 3.63) is 65.4 Å². The molecule has 2 aromatic rings. The van der Waals surface area contributed by atoms with Crippen LogP contribution in [0.4, 0.5) is 18.9 Å². The maximum atomic E-state index is 13.4. The second kappa shape index (κ2) is 9.61. The summed E-state index contributed by atoms with van der Waals surface area (Å²) in [5, 5.41) is 7.80. The maximum Gasteiger partial charge on any atom is 0.406 e. The zero-order valence-corrected chi connectivity index (χ0v) is 19.7. The maximum absolute atomic E-state index is 13.4. The van der Waals surface area contributed by atoms with Crippen LogP contribution in [0.5, 0.6) is 0 Å². The SMILES string of the molecule is CCN(CCN(C)C)C(=O)c1ccccc1-c1ccc2c(c1)N(CC(F)(F)F)C(=O)C1=CN=NC12. The Morgan fingerprint density at radius 1 is 1.11 bits per heavy atom. The summed E-state index contributed by atoms with van der Waals surface area (Å²) < 4.78 is 40.2. The van der Waals surface area contributed by atoms with E-state index in [0.717, 1.165) is 4.90 Å². The standard InChI is InChI=1S/C25H26F3N5O2/c1-4-32(12-11-31(2)3)23(34)18-8-6-5-7-17(18)16-9-10-19-21(13-16)33(15-25(26,27)28)24(35)20-14-29-30-22(19)20/h5-10,13-14,22H,4,11-12,15H2,1-3H3. The molecule has 2 aliphatic heterocycles. The van der Waals surface area contributed by atoms with Gasteiger partial charge >= 0.3 is 6.18 Å². The molecular formula is C25H26F3N5O2. The molecule has 10 heteroatoms. The average Bonchev–Trinajstić information content (AvgIpc) is 3.31. The summed E-state index contributed by atoms with van der Waals surface area (Å²) in [6.45, 7) is 2.22. The van der Waals surface area contributed by atoms with E-state index < -0.39 is 24.7 Å². The van der Waals surface area contributed by atoms with E-state index in [1.807, 2.05) is 25.9 Å². The van der Waals surface area contributed by atoms with E-state index in [9.17, 15) is 22.8 Å². The molecule has 7 nitrogen and oxygen atoms in total. The van der Waals surface area contributed by atoms with Crippen molar-refractivity contribution in [1.82, 2.24) is 9.80 Å². The number of amides is 2. The summed E-state index contributed by atoms with van der Waals surface area (Å²) in [5.41, 5.74) is 2.27. The van der Waals surface area contributed by atoms with Gasteiger partial charge < -0.3 is 9.80 Å². The van der Waals surface area contributed by atoms with Crippen LogP contribution >= 0.6 is 0 Å². The molecule has 4 rings (SSSR count). The van der Waals surface area contributed by atoms with Crippen LogP contribution in [0.3, 0.4) is 0 Å². The van der Waals surface area contributed by atoms with Gasteiger partial charge in [-0.1, -0.05) is 30.3 Å². The molecule has 35 heavy (non-hydrogen) atoms. The Labute approximate surface area is 201 Å². The lowest BCUT2D eigenvalue weighted by Gasteiger charge is -2.33. The number of anilines is 1. The van der Waals surface area contributed by atoms with Gasteiger partial charge in [0.1, 0.15) is 12.6 Å². The Balaban J connectivity index is 1.77. The van der Waals surface area contributed by atoms with Crippen molar-refractivity contribution in [2.45, 2.75) is 19.1 Å². The van der Waals surface area contributed by atoms with E-state index in [-0.39, 0.29) is 17.2 Å². The van der Waals surface area contributed by atoms with Gasteiger partial charge in [-0.05, 0) is 44.3 Å². The molecule has 0 spiro atoms. The molecule has 2 aromatic carbocycles. The van der Waals surface area contributed by atoms with Crippen molar-refractivity contribution >= 4 is 17.5 Å². The molecule has 184 valence electrons. The highest BCUT2D eigenvalue weighted by atomic mass is 19.4. The highest BCUT2D eigenvalue weighted by Gasteiger charge is 2.43. The summed E-state index contributed by atoms with van der Waals surface area (Å²) in [6, 6.07) is 11.2. The minimum Gasteiger partial charge on any atom is -0.338 e. The number of carbonyl (C=O) groups excluding carboxylic acids is 2. The van der Waals surface area contributed by atoms with Gasteiger partial charge in [0.25, 0.3) is 11.8 Å². The Morgan fingerprint density at radius 3 is 2.54 bits per heavy atom. The van der Waals surface area contributed by atoms with Gasteiger partial charge in [-0.15, -0.1) is 0 Å². The van der Waals surface area contributed by atoms with Crippen LogP contribution in [0.1, 0.15) is 28.9 Å². The fourth-order valence-corrected chi connectivity index (χ4v) is 4.29. The smallest absolute Gasteiger partial charge is 0.338 e. The van der Waals surface area contributed by atoms with Crippen LogP contribution in [0.25, 0.3) is 11.1 Å². The van der Waals surface area contributed by atoms with Crippen molar-refractivity contribution in [2.75, 3.05) is 45.2 Å². The van der Waals surface area contributed by atoms with Crippen molar-refractivity contribution in [2.24, 2.45) is 10.2 Å². The van der Waals surface area contributed by atoms with Crippen LogP contribution in [-0.2, 0) is 4.79 Å². The van der Waals surface area contributed by atoms with Crippen molar-refractivity contribution in [1.29, 1.82) is 0 Å². The van der Waals surface area contributed by atoms with Gasteiger partial charge in [0, 0.05) is 30.8 Å². The number of benzene rings is 2. The van der Waals surface area contributed by atoms with Crippen LogP contribution in [0, 0.1) is 0 Å². The first kappa shape index (κ1) is 24.6. The summed E-state index contributed by atoms with van der Waals surface area (Å²) in [4.78, 5) is 30.7. The van der Waals surface area contributed by atoms with E-state index >= 15 is 0 Å². The molecule has 0 bridgehead atoms. The van der Waals surface area contributed by atoms with Crippen molar-refractivity contribution in [3.8, 4) is 11.1 Å². The Hall–Kier alpha value is -3.53. The molecule has 1 unspecified atom stereocenters. The monoisotopic (exact) mass is 485 g/mol. The molecule has 0 saturated heterocycles. The van der Waals surface area contributed by atoms with Gasteiger partial charge in [-0.25, -0.2) is 0 Å². The normalized spacial score (nSPS) is 16.9. The highest BCUT2D eigenvalue weighted by Crippen LogP contribution is 2.45. The first-order chi connectivity index (χ1) is 16.6. The number of fused-ring (bicyclic) bond motifs is 3. The summed E-state index contributed by atoms with van der Waals surface area (Å²) in [6.07, 6.45) is -3.38. The molecule has 0 saturated carbocycles. The number of hydrogen-bond acceptors (Lipinski definition) is 5. The average molecular weight is 486 g/mol. The fourth-order valence-electron chi connectivity index (χ4n) is 4.29. The molecule has 0 aromatic heterocycles. The van der Waals surface area contributed by atoms with Gasteiger partial charge in [-0.2, -0.15) is 23.4 Å². The summed E-state index contributed by atoms with van der Waals surface area (Å²) >= 11 is 0. The van der Waals surface area contributed by atoms with Crippen LogP contribution < -0.4 is 4.90 Å². The summed E-state index contributed by atoms with van der Waals surface area (Å²) in [7, 11) is 3.86. The van der Waals surface area contributed by atoms with E-state index in [4.69, 9.17) is 0 Å². The number of likely N-dealkylation sites (N-methyl/N-ethyl adjacent to an activating group) is 2. The second-order valence-electron chi connectivity index (χ2n) is 8.73. The van der Waals surface area contributed by atoms with Crippen LogP contribution in [-0.4, -0.2) is 68.1 Å². The van der Waals surface area contributed by atoms with Crippen molar-refractivity contribution < 1.29 is 22.8 Å². The largest absolute Gasteiger partial charge is 0.406 e.